The molecule has 0 aromatic heterocycles. The molecule has 1 saturated heterocycles. The molecule has 0 saturated carbocycles. The lowest BCUT2D eigenvalue weighted by Crippen LogP contribution is -2.33. The molecule has 0 radical (unpaired) electrons. The summed E-state index contributed by atoms with van der Waals surface area (Å²) in [6.45, 7) is 5.13. The molecule has 1 aliphatic heterocycles. The van der Waals surface area contributed by atoms with Crippen molar-refractivity contribution in [2.45, 2.75) is 51.3 Å². The van der Waals surface area contributed by atoms with Gasteiger partial charge in [-0.05, 0) is 32.3 Å². The minimum Gasteiger partial charge on any atom is -0.371 e. The lowest BCUT2D eigenvalue weighted by Gasteiger charge is -2.24. The van der Waals surface area contributed by atoms with Gasteiger partial charge < -0.3 is 14.2 Å². The molecule has 1 aliphatic rings. The number of rotatable bonds is 7. The summed E-state index contributed by atoms with van der Waals surface area (Å²) in [5, 5.41) is 0.981. The topological polar surface area (TPSA) is 27.7 Å². The van der Waals surface area contributed by atoms with Crippen LogP contribution in [0.4, 0.5) is 0 Å². The third kappa shape index (κ3) is 4.85. The maximum atomic E-state index is 6.08. The van der Waals surface area contributed by atoms with E-state index in [0.29, 0.717) is 13.2 Å². The van der Waals surface area contributed by atoms with Crippen LogP contribution in [0, 0.1) is 0 Å². The third-order valence-electron chi connectivity index (χ3n) is 3.37. The first-order valence-corrected chi connectivity index (χ1v) is 8.26. The van der Waals surface area contributed by atoms with Gasteiger partial charge in [0.25, 0.3) is 0 Å². The average molecular weight is 343 g/mol. The van der Waals surface area contributed by atoms with Crippen molar-refractivity contribution in [2.75, 3.05) is 11.9 Å². The minimum atomic E-state index is -0.493. The van der Waals surface area contributed by atoms with Crippen molar-refractivity contribution in [3.05, 3.63) is 35.9 Å². The highest BCUT2D eigenvalue weighted by molar-refractivity contribution is 9.09. The Bertz CT molecular complexity index is 394. The van der Waals surface area contributed by atoms with E-state index in [4.69, 9.17) is 14.2 Å². The largest absolute Gasteiger partial charge is 0.371 e. The zero-order chi connectivity index (χ0) is 14.4. The molecule has 0 spiro atoms. The average Bonchev–Trinajstić information content (AvgIpc) is 2.80. The zero-order valence-electron chi connectivity index (χ0n) is 12.2. The molecule has 112 valence electrons. The van der Waals surface area contributed by atoms with Gasteiger partial charge in [0, 0.05) is 5.33 Å². The van der Waals surface area contributed by atoms with E-state index in [1.54, 1.807) is 0 Å². The fourth-order valence-electron chi connectivity index (χ4n) is 2.33. The first-order chi connectivity index (χ1) is 9.61. The van der Waals surface area contributed by atoms with E-state index < -0.39 is 5.79 Å². The number of benzene rings is 1. The Hall–Kier alpha value is -0.420. The van der Waals surface area contributed by atoms with Crippen LogP contribution in [0.15, 0.2) is 30.3 Å². The minimum absolute atomic E-state index is 0.0211. The number of alkyl halides is 1. The Morgan fingerprint density at radius 1 is 1.35 bits per heavy atom. The van der Waals surface area contributed by atoms with Gasteiger partial charge in [-0.25, -0.2) is 0 Å². The molecule has 1 fully saturated rings. The monoisotopic (exact) mass is 342 g/mol. The van der Waals surface area contributed by atoms with Crippen LogP contribution in [-0.4, -0.2) is 29.9 Å². The highest BCUT2D eigenvalue weighted by Crippen LogP contribution is 2.27. The standard InChI is InChI=1S/C16H23BrO3/c1-16(2)19-12-15(20-16)14(9-6-10-17)18-11-13-7-4-3-5-8-13/h3-5,7-8,14-15H,6,9-12H2,1-2H3/t14-,15+/m1/s1. The van der Waals surface area contributed by atoms with Gasteiger partial charge in [0.15, 0.2) is 5.79 Å². The number of hydrogen-bond donors (Lipinski definition) is 0. The van der Waals surface area contributed by atoms with Gasteiger partial charge in [0.2, 0.25) is 0 Å². The van der Waals surface area contributed by atoms with E-state index in [1.807, 2.05) is 32.0 Å². The molecular formula is C16H23BrO3. The molecule has 0 amide bonds. The summed E-state index contributed by atoms with van der Waals surface area (Å²) < 4.78 is 17.7. The van der Waals surface area contributed by atoms with E-state index in [-0.39, 0.29) is 12.2 Å². The first-order valence-electron chi connectivity index (χ1n) is 7.14. The normalized spacial score (nSPS) is 22.9. The highest BCUT2D eigenvalue weighted by atomic mass is 79.9. The Morgan fingerprint density at radius 3 is 2.70 bits per heavy atom. The van der Waals surface area contributed by atoms with Crippen LogP contribution in [0.25, 0.3) is 0 Å². The van der Waals surface area contributed by atoms with Gasteiger partial charge >= 0.3 is 0 Å². The van der Waals surface area contributed by atoms with E-state index in [1.165, 1.54) is 5.56 Å². The molecule has 0 unspecified atom stereocenters. The van der Waals surface area contributed by atoms with Crippen molar-refractivity contribution in [3.8, 4) is 0 Å². The molecule has 0 aliphatic carbocycles. The Morgan fingerprint density at radius 2 is 2.10 bits per heavy atom. The summed E-state index contributed by atoms with van der Waals surface area (Å²) in [6.07, 6.45) is 2.14. The lowest BCUT2D eigenvalue weighted by molar-refractivity contribution is -0.158. The smallest absolute Gasteiger partial charge is 0.163 e. The van der Waals surface area contributed by atoms with Gasteiger partial charge in [-0.3, -0.25) is 0 Å². The van der Waals surface area contributed by atoms with Crippen molar-refractivity contribution >= 4 is 15.9 Å². The van der Waals surface area contributed by atoms with Crippen LogP contribution in [0.1, 0.15) is 32.3 Å². The summed E-state index contributed by atoms with van der Waals surface area (Å²) in [5.74, 6) is -0.493. The molecule has 1 heterocycles. The van der Waals surface area contributed by atoms with Crippen molar-refractivity contribution in [3.63, 3.8) is 0 Å². The molecule has 3 nitrogen and oxygen atoms in total. The molecular weight excluding hydrogens is 320 g/mol. The zero-order valence-corrected chi connectivity index (χ0v) is 13.8. The highest BCUT2D eigenvalue weighted by Gasteiger charge is 2.37. The van der Waals surface area contributed by atoms with Crippen LogP contribution < -0.4 is 0 Å². The third-order valence-corrected chi connectivity index (χ3v) is 3.93. The van der Waals surface area contributed by atoms with Crippen LogP contribution in [0.5, 0.6) is 0 Å². The predicted octanol–water partition coefficient (Wildman–Crippen LogP) is 3.90. The second kappa shape index (κ2) is 7.55. The Labute approximate surface area is 129 Å². The number of halogens is 1. The predicted molar refractivity (Wildman–Crippen MR) is 83.0 cm³/mol. The summed E-state index contributed by atoms with van der Waals surface area (Å²) in [5.41, 5.74) is 1.19. The van der Waals surface area contributed by atoms with Gasteiger partial charge in [0.05, 0.1) is 19.3 Å². The van der Waals surface area contributed by atoms with Crippen molar-refractivity contribution < 1.29 is 14.2 Å². The van der Waals surface area contributed by atoms with Crippen LogP contribution in [-0.2, 0) is 20.8 Å². The van der Waals surface area contributed by atoms with Crippen molar-refractivity contribution in [1.29, 1.82) is 0 Å². The Balaban J connectivity index is 1.90. The van der Waals surface area contributed by atoms with E-state index in [9.17, 15) is 0 Å². The second-order valence-corrected chi connectivity index (χ2v) is 6.33. The number of ether oxygens (including phenoxy) is 3. The van der Waals surface area contributed by atoms with Crippen LogP contribution >= 0.6 is 15.9 Å². The van der Waals surface area contributed by atoms with Crippen LogP contribution in [0.2, 0.25) is 0 Å². The molecule has 1 aromatic carbocycles. The van der Waals surface area contributed by atoms with Gasteiger partial charge in [-0.1, -0.05) is 46.3 Å². The van der Waals surface area contributed by atoms with Crippen LogP contribution in [0.3, 0.4) is 0 Å². The molecule has 2 atom stereocenters. The number of hydrogen-bond acceptors (Lipinski definition) is 3. The SMILES string of the molecule is CC1(C)OC[C@@H]([C@@H](CCCBr)OCc2ccccc2)O1. The summed E-state index contributed by atoms with van der Waals surface area (Å²) in [6, 6.07) is 10.2. The molecule has 20 heavy (non-hydrogen) atoms. The molecule has 4 heteroatoms. The van der Waals surface area contributed by atoms with Crippen molar-refractivity contribution in [2.24, 2.45) is 0 Å². The van der Waals surface area contributed by atoms with Crippen molar-refractivity contribution in [1.82, 2.24) is 0 Å². The van der Waals surface area contributed by atoms with E-state index >= 15 is 0 Å². The lowest BCUT2D eigenvalue weighted by atomic mass is 10.1. The first kappa shape index (κ1) is 16.0. The fraction of sp³-hybridized carbons (Fsp3) is 0.625. The summed E-state index contributed by atoms with van der Waals surface area (Å²) in [4.78, 5) is 0. The van der Waals surface area contributed by atoms with E-state index in [2.05, 4.69) is 28.1 Å². The Kier molecular flexibility index (Phi) is 6.02. The molecule has 1 aromatic rings. The molecule has 0 N–H and O–H groups in total. The molecule has 0 bridgehead atoms. The summed E-state index contributed by atoms with van der Waals surface area (Å²) >= 11 is 3.48. The van der Waals surface area contributed by atoms with Gasteiger partial charge in [0.1, 0.15) is 6.10 Å². The maximum absolute atomic E-state index is 6.08. The van der Waals surface area contributed by atoms with Gasteiger partial charge in [-0.15, -0.1) is 0 Å². The second-order valence-electron chi connectivity index (χ2n) is 5.53. The van der Waals surface area contributed by atoms with Gasteiger partial charge in [-0.2, -0.15) is 0 Å². The summed E-state index contributed by atoms with van der Waals surface area (Å²) in [7, 11) is 0. The molecule has 2 rings (SSSR count). The fourth-order valence-corrected chi connectivity index (χ4v) is 2.65. The van der Waals surface area contributed by atoms with E-state index in [0.717, 1.165) is 18.2 Å². The quantitative estimate of drug-likeness (QED) is 0.703. The maximum Gasteiger partial charge on any atom is 0.163 e.